The average molecular weight is 463 g/mol. The number of nitrogens with zero attached hydrogens (tertiary/aromatic N) is 2. The number of thiazole rings is 1. The van der Waals surface area contributed by atoms with E-state index in [1.165, 1.54) is 6.42 Å². The third kappa shape index (κ3) is 6.92. The molecule has 28 heavy (non-hydrogen) atoms. The molecule has 1 aliphatic rings. The van der Waals surface area contributed by atoms with Crippen molar-refractivity contribution in [3.05, 3.63) is 45.9 Å². The molecule has 0 saturated carbocycles. The van der Waals surface area contributed by atoms with Gasteiger partial charge in [-0.2, -0.15) is 0 Å². The van der Waals surface area contributed by atoms with Crippen LogP contribution in [0.1, 0.15) is 40.3 Å². The van der Waals surface area contributed by atoms with Crippen molar-refractivity contribution in [1.29, 1.82) is 0 Å². The third-order valence-corrected chi connectivity index (χ3v) is 6.79. The summed E-state index contributed by atoms with van der Waals surface area (Å²) in [6.07, 6.45) is 3.43. The number of halogens is 2. The molecule has 4 nitrogen and oxygen atoms in total. The number of likely N-dealkylation sites (tertiary alicyclic amines) is 1. The van der Waals surface area contributed by atoms with E-state index in [0.717, 1.165) is 65.3 Å². The molecule has 2 aromatic rings. The first-order valence-electron chi connectivity index (χ1n) is 9.24. The molecule has 1 aromatic carbocycles. The van der Waals surface area contributed by atoms with Gasteiger partial charge < -0.3 is 10.2 Å². The van der Waals surface area contributed by atoms with Gasteiger partial charge in [0.05, 0.1) is 16.3 Å². The molecule has 0 radical (unpaired) electrons. The highest BCUT2D eigenvalue weighted by Crippen LogP contribution is 2.29. The Morgan fingerprint density at radius 3 is 2.64 bits per heavy atom. The van der Waals surface area contributed by atoms with E-state index in [1.54, 1.807) is 23.1 Å². The van der Waals surface area contributed by atoms with Gasteiger partial charge in [-0.3, -0.25) is 4.79 Å². The van der Waals surface area contributed by atoms with E-state index in [1.807, 2.05) is 37.1 Å². The van der Waals surface area contributed by atoms with Gasteiger partial charge in [0, 0.05) is 29.1 Å². The lowest BCUT2D eigenvalue weighted by atomic mass is 9.93. The lowest BCUT2D eigenvalue weighted by molar-refractivity contribution is 0.0683. The number of carbonyl (C=O) groups is 1. The predicted molar refractivity (Wildman–Crippen MR) is 125 cm³/mol. The first-order chi connectivity index (χ1) is 12.7. The van der Waals surface area contributed by atoms with Crippen molar-refractivity contribution in [2.24, 2.45) is 5.92 Å². The zero-order valence-electron chi connectivity index (χ0n) is 16.3. The van der Waals surface area contributed by atoms with Crippen molar-refractivity contribution in [3.63, 3.8) is 0 Å². The van der Waals surface area contributed by atoms with Crippen molar-refractivity contribution in [1.82, 2.24) is 15.2 Å². The number of piperidine rings is 1. The molecule has 1 aromatic heterocycles. The van der Waals surface area contributed by atoms with Crippen molar-refractivity contribution < 1.29 is 4.79 Å². The Balaban J connectivity index is 0.00000196. The minimum Gasteiger partial charge on any atom is -0.339 e. The third-order valence-electron chi connectivity index (χ3n) is 4.86. The van der Waals surface area contributed by atoms with Gasteiger partial charge in [0.1, 0.15) is 0 Å². The molecule has 156 valence electrons. The molecule has 2 heterocycles. The number of amides is 1. The second kappa shape index (κ2) is 12.7. The maximum atomic E-state index is 13.0. The van der Waals surface area contributed by atoms with Crippen LogP contribution in [0, 0.1) is 12.8 Å². The molecule has 0 unspecified atom stereocenters. The van der Waals surface area contributed by atoms with E-state index in [0.29, 0.717) is 0 Å². The van der Waals surface area contributed by atoms with Gasteiger partial charge in [-0.05, 0) is 57.8 Å². The van der Waals surface area contributed by atoms with E-state index in [4.69, 9.17) is 0 Å². The van der Waals surface area contributed by atoms with Crippen LogP contribution < -0.4 is 5.32 Å². The van der Waals surface area contributed by atoms with Crippen LogP contribution in [0.3, 0.4) is 0 Å². The molecule has 1 aliphatic heterocycles. The molecule has 1 fully saturated rings. The Labute approximate surface area is 188 Å². The molecule has 0 aliphatic carbocycles. The van der Waals surface area contributed by atoms with E-state index in [9.17, 15) is 4.79 Å². The highest BCUT2D eigenvalue weighted by atomic mass is 35.5. The average Bonchev–Trinajstić information content (AvgIpc) is 3.10. The van der Waals surface area contributed by atoms with Crippen LogP contribution in [-0.4, -0.2) is 42.5 Å². The molecule has 0 spiro atoms. The number of benzene rings is 1. The van der Waals surface area contributed by atoms with Crippen LogP contribution in [0.2, 0.25) is 0 Å². The Morgan fingerprint density at radius 1 is 1.29 bits per heavy atom. The monoisotopic (exact) mass is 461 g/mol. The van der Waals surface area contributed by atoms with Crippen molar-refractivity contribution in [2.45, 2.75) is 36.8 Å². The molecule has 1 N–H and O–H groups in total. The predicted octanol–water partition coefficient (Wildman–Crippen LogP) is 5.05. The van der Waals surface area contributed by atoms with Crippen LogP contribution in [0.4, 0.5) is 0 Å². The smallest absolute Gasteiger partial charge is 0.254 e. The topological polar surface area (TPSA) is 45.2 Å². The molecular weight excluding hydrogens is 433 g/mol. The highest BCUT2D eigenvalue weighted by molar-refractivity contribution is 7.98. The number of hydrogen-bond acceptors (Lipinski definition) is 5. The van der Waals surface area contributed by atoms with Gasteiger partial charge in [-0.1, -0.05) is 12.1 Å². The zero-order chi connectivity index (χ0) is 18.4. The summed E-state index contributed by atoms with van der Waals surface area (Å²) in [5, 5.41) is 6.41. The van der Waals surface area contributed by atoms with E-state index < -0.39 is 0 Å². The first-order valence-corrected chi connectivity index (χ1v) is 11.1. The van der Waals surface area contributed by atoms with Gasteiger partial charge in [0.15, 0.2) is 0 Å². The lowest BCUT2D eigenvalue weighted by Gasteiger charge is -2.32. The SMILES string of the molecule is CNCCC1CCN(C(=O)c2ccccc2SCc2csc(C)n2)CC1.Cl.Cl. The number of hydrogen-bond donors (Lipinski definition) is 1. The molecule has 0 bridgehead atoms. The second-order valence-electron chi connectivity index (χ2n) is 6.77. The summed E-state index contributed by atoms with van der Waals surface area (Å²) in [7, 11) is 2.00. The summed E-state index contributed by atoms with van der Waals surface area (Å²) in [6.45, 7) is 4.83. The number of thioether (sulfide) groups is 1. The number of rotatable bonds is 7. The van der Waals surface area contributed by atoms with Gasteiger partial charge in [0.2, 0.25) is 0 Å². The quantitative estimate of drug-likeness (QED) is 0.585. The first kappa shape index (κ1) is 25.2. The van der Waals surface area contributed by atoms with Crippen molar-refractivity contribution in [3.8, 4) is 0 Å². The van der Waals surface area contributed by atoms with Crippen molar-refractivity contribution in [2.75, 3.05) is 26.7 Å². The molecule has 0 atom stereocenters. The summed E-state index contributed by atoms with van der Waals surface area (Å²) in [5.41, 5.74) is 1.92. The van der Waals surface area contributed by atoms with Crippen LogP contribution in [0.25, 0.3) is 0 Å². The normalized spacial score (nSPS) is 14.3. The van der Waals surface area contributed by atoms with Crippen LogP contribution in [0.15, 0.2) is 34.5 Å². The highest BCUT2D eigenvalue weighted by Gasteiger charge is 2.24. The minimum absolute atomic E-state index is 0. The number of aryl methyl sites for hydroxylation is 1. The number of aromatic nitrogens is 1. The van der Waals surface area contributed by atoms with Gasteiger partial charge >= 0.3 is 0 Å². The molecule has 1 saturated heterocycles. The minimum atomic E-state index is 0. The molecular formula is C20H29Cl2N3OS2. The number of carbonyl (C=O) groups excluding carboxylic acids is 1. The summed E-state index contributed by atoms with van der Waals surface area (Å²) in [5.74, 6) is 1.72. The van der Waals surface area contributed by atoms with Crippen LogP contribution in [-0.2, 0) is 5.75 Å². The van der Waals surface area contributed by atoms with Gasteiger partial charge in [-0.25, -0.2) is 4.98 Å². The Bertz CT molecular complexity index is 734. The van der Waals surface area contributed by atoms with Gasteiger partial charge in [0.25, 0.3) is 5.91 Å². The van der Waals surface area contributed by atoms with E-state index >= 15 is 0 Å². The summed E-state index contributed by atoms with van der Waals surface area (Å²) >= 11 is 3.38. The molecule has 1 amide bonds. The standard InChI is InChI=1S/C20H27N3OS2.2ClH/c1-15-22-17(13-25-15)14-26-19-6-4-3-5-18(19)20(24)23-11-8-16(9-12-23)7-10-21-2;;/h3-6,13,16,21H,7-12,14H2,1-2H3;2*1H. The fourth-order valence-electron chi connectivity index (χ4n) is 3.34. The maximum absolute atomic E-state index is 13.0. The summed E-state index contributed by atoms with van der Waals surface area (Å²) in [4.78, 5) is 20.6. The lowest BCUT2D eigenvalue weighted by Crippen LogP contribution is -2.39. The van der Waals surface area contributed by atoms with E-state index in [-0.39, 0.29) is 30.7 Å². The van der Waals surface area contributed by atoms with Crippen LogP contribution >= 0.6 is 47.9 Å². The second-order valence-corrected chi connectivity index (χ2v) is 8.85. The molecule has 8 heteroatoms. The Kier molecular flexibility index (Phi) is 11.5. The van der Waals surface area contributed by atoms with Crippen molar-refractivity contribution >= 4 is 53.8 Å². The van der Waals surface area contributed by atoms with Gasteiger partial charge in [-0.15, -0.1) is 47.9 Å². The zero-order valence-corrected chi connectivity index (χ0v) is 19.6. The van der Waals surface area contributed by atoms with Crippen LogP contribution in [0.5, 0.6) is 0 Å². The van der Waals surface area contributed by atoms with E-state index in [2.05, 4.69) is 21.7 Å². The Morgan fingerprint density at radius 2 is 2.00 bits per heavy atom. The maximum Gasteiger partial charge on any atom is 0.254 e. The fraction of sp³-hybridized carbons (Fsp3) is 0.500. The number of nitrogens with one attached hydrogen (secondary N) is 1. The Hall–Kier alpha value is -0.790. The summed E-state index contributed by atoms with van der Waals surface area (Å²) in [6, 6.07) is 7.99. The fourth-order valence-corrected chi connectivity index (χ4v) is 4.99. The molecule has 3 rings (SSSR count). The summed E-state index contributed by atoms with van der Waals surface area (Å²) < 4.78 is 0. The largest absolute Gasteiger partial charge is 0.339 e.